The molecule has 1 unspecified atom stereocenters. The SMILES string of the molecule is CC1[C@@H](CO)O[C@@H]([n+]2cccc(C(N)=O)c2)[C@H]1C. The maximum Gasteiger partial charge on any atom is 0.265 e. The number of carbonyl (C=O) groups excluding carboxylic acids is 1. The van der Waals surface area contributed by atoms with Crippen molar-refractivity contribution in [2.45, 2.75) is 26.2 Å². The Balaban J connectivity index is 2.27. The highest BCUT2D eigenvalue weighted by molar-refractivity contribution is 5.92. The molecular formula is C13H19N2O3+. The molecule has 1 aromatic heterocycles. The van der Waals surface area contributed by atoms with Crippen LogP contribution in [0.25, 0.3) is 0 Å². The van der Waals surface area contributed by atoms with E-state index in [4.69, 9.17) is 10.5 Å². The summed E-state index contributed by atoms with van der Waals surface area (Å²) < 4.78 is 7.66. The van der Waals surface area contributed by atoms with Gasteiger partial charge in [-0.1, -0.05) is 13.8 Å². The number of hydrogen-bond donors (Lipinski definition) is 2. The number of amides is 1. The highest BCUT2D eigenvalue weighted by Gasteiger charge is 2.44. The van der Waals surface area contributed by atoms with Crippen LogP contribution in [0.5, 0.6) is 0 Å². The number of primary amides is 1. The normalized spacial score (nSPS) is 31.5. The number of rotatable bonds is 3. The molecule has 2 heterocycles. The first-order valence-electron chi connectivity index (χ1n) is 6.11. The van der Waals surface area contributed by atoms with E-state index < -0.39 is 5.91 Å². The topological polar surface area (TPSA) is 76.4 Å². The van der Waals surface area contributed by atoms with Gasteiger partial charge in [0.15, 0.2) is 12.4 Å². The highest BCUT2D eigenvalue weighted by atomic mass is 16.5. The zero-order valence-corrected chi connectivity index (χ0v) is 10.6. The van der Waals surface area contributed by atoms with Crippen LogP contribution in [-0.4, -0.2) is 23.7 Å². The second-order valence-electron chi connectivity index (χ2n) is 4.87. The van der Waals surface area contributed by atoms with Gasteiger partial charge in [-0.25, -0.2) is 0 Å². The van der Waals surface area contributed by atoms with Gasteiger partial charge in [0.2, 0.25) is 0 Å². The first-order valence-corrected chi connectivity index (χ1v) is 6.11. The fourth-order valence-electron chi connectivity index (χ4n) is 2.37. The number of carbonyl (C=O) groups is 1. The van der Waals surface area contributed by atoms with Gasteiger partial charge in [0.05, 0.1) is 18.6 Å². The van der Waals surface area contributed by atoms with Crippen molar-refractivity contribution in [3.63, 3.8) is 0 Å². The van der Waals surface area contributed by atoms with Crippen LogP contribution in [0.1, 0.15) is 30.4 Å². The van der Waals surface area contributed by atoms with Crippen LogP contribution in [0.3, 0.4) is 0 Å². The predicted molar refractivity (Wildman–Crippen MR) is 64.5 cm³/mol. The lowest BCUT2D eigenvalue weighted by Gasteiger charge is -2.11. The largest absolute Gasteiger partial charge is 0.394 e. The summed E-state index contributed by atoms with van der Waals surface area (Å²) in [5.41, 5.74) is 5.72. The lowest BCUT2D eigenvalue weighted by atomic mass is 9.93. The van der Waals surface area contributed by atoms with E-state index in [-0.39, 0.29) is 30.8 Å². The number of nitrogens with two attached hydrogens (primary N) is 1. The van der Waals surface area contributed by atoms with E-state index in [1.807, 2.05) is 10.8 Å². The van der Waals surface area contributed by atoms with Crippen molar-refractivity contribution < 1.29 is 19.2 Å². The zero-order valence-electron chi connectivity index (χ0n) is 10.6. The summed E-state index contributed by atoms with van der Waals surface area (Å²) in [4.78, 5) is 11.2. The van der Waals surface area contributed by atoms with E-state index in [0.29, 0.717) is 5.56 Å². The summed E-state index contributed by atoms with van der Waals surface area (Å²) >= 11 is 0. The van der Waals surface area contributed by atoms with E-state index >= 15 is 0 Å². The molecule has 5 heteroatoms. The fraction of sp³-hybridized carbons (Fsp3) is 0.538. The minimum absolute atomic E-state index is 0.0120. The monoisotopic (exact) mass is 251 g/mol. The molecule has 1 aliphatic heterocycles. The van der Waals surface area contributed by atoms with Crippen molar-refractivity contribution in [1.29, 1.82) is 0 Å². The lowest BCUT2D eigenvalue weighted by molar-refractivity contribution is -0.765. The molecule has 4 atom stereocenters. The van der Waals surface area contributed by atoms with Crippen LogP contribution < -0.4 is 10.3 Å². The van der Waals surface area contributed by atoms with Crippen molar-refractivity contribution in [2.24, 2.45) is 17.6 Å². The van der Waals surface area contributed by atoms with E-state index in [1.54, 1.807) is 18.3 Å². The Bertz CT molecular complexity index is 450. The quantitative estimate of drug-likeness (QED) is 0.755. The number of nitrogens with zero attached hydrogens (tertiary/aromatic N) is 1. The maximum absolute atomic E-state index is 11.2. The molecular weight excluding hydrogens is 232 g/mol. The molecule has 0 spiro atoms. The summed E-state index contributed by atoms with van der Waals surface area (Å²) in [6.45, 7) is 4.15. The Morgan fingerprint density at radius 1 is 1.50 bits per heavy atom. The van der Waals surface area contributed by atoms with Gasteiger partial charge in [-0.05, 0) is 12.0 Å². The summed E-state index contributed by atoms with van der Waals surface area (Å²) in [6, 6.07) is 3.44. The second kappa shape index (κ2) is 5.04. The van der Waals surface area contributed by atoms with Gasteiger partial charge in [-0.2, -0.15) is 4.57 Å². The molecule has 0 bridgehead atoms. The molecule has 1 aromatic rings. The van der Waals surface area contributed by atoms with Gasteiger partial charge in [0.25, 0.3) is 12.1 Å². The Morgan fingerprint density at radius 2 is 2.22 bits per heavy atom. The summed E-state index contributed by atoms with van der Waals surface area (Å²) in [5, 5.41) is 9.25. The Hall–Kier alpha value is -1.46. The molecule has 1 fully saturated rings. The minimum Gasteiger partial charge on any atom is -0.394 e. The maximum atomic E-state index is 11.2. The third kappa shape index (κ3) is 2.23. The smallest absolute Gasteiger partial charge is 0.265 e. The van der Waals surface area contributed by atoms with Crippen molar-refractivity contribution in [3.05, 3.63) is 30.1 Å². The standard InChI is InChI=1S/C13H18N2O3/c1-8-9(2)13(18-11(8)7-16)15-5-3-4-10(6-15)12(14)17/h3-6,8-9,11,13,16H,7H2,1-2H3,(H-,14,17)/p+1/t8?,9-,11+,13+/m0/s1. The van der Waals surface area contributed by atoms with Crippen LogP contribution in [0.15, 0.2) is 24.5 Å². The van der Waals surface area contributed by atoms with Crippen LogP contribution >= 0.6 is 0 Å². The Labute approximate surface area is 106 Å². The number of pyridine rings is 1. The van der Waals surface area contributed by atoms with Crippen molar-refractivity contribution >= 4 is 5.91 Å². The van der Waals surface area contributed by atoms with Gasteiger partial charge >= 0.3 is 0 Å². The number of ether oxygens (including phenoxy) is 1. The second-order valence-corrected chi connectivity index (χ2v) is 4.87. The van der Waals surface area contributed by atoms with Crippen LogP contribution in [0.4, 0.5) is 0 Å². The number of aromatic nitrogens is 1. The van der Waals surface area contributed by atoms with E-state index in [9.17, 15) is 9.90 Å². The predicted octanol–water partition coefficient (Wildman–Crippen LogP) is 0.235. The van der Waals surface area contributed by atoms with Gasteiger partial charge in [0, 0.05) is 6.07 Å². The molecule has 1 saturated heterocycles. The highest BCUT2D eigenvalue weighted by Crippen LogP contribution is 2.35. The van der Waals surface area contributed by atoms with E-state index in [1.165, 1.54) is 0 Å². The molecule has 0 radical (unpaired) electrons. The van der Waals surface area contributed by atoms with E-state index in [0.717, 1.165) is 0 Å². The first-order chi connectivity index (χ1) is 8.54. The molecule has 2 rings (SSSR count). The fourth-order valence-corrected chi connectivity index (χ4v) is 2.37. The summed E-state index contributed by atoms with van der Waals surface area (Å²) in [6.07, 6.45) is 3.21. The summed E-state index contributed by atoms with van der Waals surface area (Å²) in [7, 11) is 0. The van der Waals surface area contributed by atoms with Crippen molar-refractivity contribution in [3.8, 4) is 0 Å². The average Bonchev–Trinajstić information content (AvgIpc) is 2.66. The minimum atomic E-state index is -0.457. The molecule has 0 saturated carbocycles. The Morgan fingerprint density at radius 3 is 2.78 bits per heavy atom. The van der Waals surface area contributed by atoms with Gasteiger partial charge in [-0.15, -0.1) is 0 Å². The van der Waals surface area contributed by atoms with Crippen molar-refractivity contribution in [2.75, 3.05) is 6.61 Å². The first kappa shape index (κ1) is 13.0. The molecule has 0 aromatic carbocycles. The van der Waals surface area contributed by atoms with E-state index in [2.05, 4.69) is 13.8 Å². The Kier molecular flexibility index (Phi) is 3.63. The third-order valence-corrected chi connectivity index (χ3v) is 3.76. The third-order valence-electron chi connectivity index (χ3n) is 3.76. The molecule has 5 nitrogen and oxygen atoms in total. The van der Waals surface area contributed by atoms with Crippen LogP contribution in [-0.2, 0) is 4.74 Å². The van der Waals surface area contributed by atoms with Crippen molar-refractivity contribution in [1.82, 2.24) is 0 Å². The summed E-state index contributed by atoms with van der Waals surface area (Å²) in [5.74, 6) is 0.0711. The number of aliphatic hydroxyl groups is 1. The molecule has 0 aliphatic carbocycles. The molecule has 1 aliphatic rings. The molecule has 98 valence electrons. The van der Waals surface area contributed by atoms with Crippen LogP contribution in [0, 0.1) is 11.8 Å². The average molecular weight is 251 g/mol. The van der Waals surface area contributed by atoms with Crippen LogP contribution in [0.2, 0.25) is 0 Å². The molecule has 3 N–H and O–H groups in total. The van der Waals surface area contributed by atoms with Gasteiger partial charge < -0.3 is 15.6 Å². The van der Waals surface area contributed by atoms with Gasteiger partial charge in [0.1, 0.15) is 5.56 Å². The van der Waals surface area contributed by atoms with Gasteiger partial charge in [-0.3, -0.25) is 4.79 Å². The zero-order chi connectivity index (χ0) is 13.3. The number of hydrogen-bond acceptors (Lipinski definition) is 3. The molecule has 1 amide bonds. The number of aliphatic hydroxyl groups excluding tert-OH is 1. The molecule has 18 heavy (non-hydrogen) atoms. The lowest BCUT2D eigenvalue weighted by Crippen LogP contribution is -2.42.